The van der Waals surface area contributed by atoms with Crippen LogP contribution in [0, 0.1) is 0 Å². The standard InChI is InChI=1S/C19H24N4O2/c1-22(13-15-5-2-7-17-19(15)25-12-11-24-17)14-16-6-4-10-23(16)18-8-3-9-20-21-18/h2-3,5,7-9,16H,4,6,10-14H2,1H3/t16-/m1/s1. The largest absolute Gasteiger partial charge is 0.486 e. The first-order valence-electron chi connectivity index (χ1n) is 8.91. The molecule has 1 fully saturated rings. The summed E-state index contributed by atoms with van der Waals surface area (Å²) in [6, 6.07) is 10.6. The normalized spacial score (nSPS) is 19.4. The van der Waals surface area contributed by atoms with Gasteiger partial charge >= 0.3 is 0 Å². The van der Waals surface area contributed by atoms with Gasteiger partial charge in [-0.1, -0.05) is 12.1 Å². The van der Waals surface area contributed by atoms with E-state index in [9.17, 15) is 0 Å². The van der Waals surface area contributed by atoms with Crippen molar-refractivity contribution in [3.63, 3.8) is 0 Å². The van der Waals surface area contributed by atoms with E-state index in [0.717, 1.165) is 37.0 Å². The van der Waals surface area contributed by atoms with Crippen molar-refractivity contribution >= 4 is 5.82 Å². The van der Waals surface area contributed by atoms with E-state index in [-0.39, 0.29) is 0 Å². The maximum atomic E-state index is 5.84. The Balaban J connectivity index is 1.43. The highest BCUT2D eigenvalue weighted by atomic mass is 16.6. The minimum Gasteiger partial charge on any atom is -0.486 e. The molecule has 6 heteroatoms. The minimum absolute atomic E-state index is 0.471. The number of ether oxygens (including phenoxy) is 2. The molecule has 0 N–H and O–H groups in total. The molecule has 2 aliphatic rings. The van der Waals surface area contributed by atoms with Crippen molar-refractivity contribution in [1.82, 2.24) is 15.1 Å². The van der Waals surface area contributed by atoms with Crippen LogP contribution in [-0.4, -0.2) is 54.5 Å². The molecule has 4 rings (SSSR count). The van der Waals surface area contributed by atoms with E-state index in [0.29, 0.717) is 19.3 Å². The van der Waals surface area contributed by atoms with Crippen molar-refractivity contribution in [3.05, 3.63) is 42.1 Å². The van der Waals surface area contributed by atoms with Crippen LogP contribution in [0.15, 0.2) is 36.5 Å². The Labute approximate surface area is 148 Å². The molecule has 132 valence electrons. The van der Waals surface area contributed by atoms with Gasteiger partial charge in [-0.15, -0.1) is 5.10 Å². The molecule has 0 aliphatic carbocycles. The SMILES string of the molecule is CN(Cc1cccc2c1OCCO2)C[C@H]1CCCN1c1cccnn1. The number of rotatable bonds is 5. The van der Waals surface area contributed by atoms with Gasteiger partial charge in [0, 0.05) is 37.4 Å². The van der Waals surface area contributed by atoms with Crippen molar-refractivity contribution in [3.8, 4) is 11.5 Å². The second kappa shape index (κ2) is 7.27. The van der Waals surface area contributed by atoms with Crippen molar-refractivity contribution in [1.29, 1.82) is 0 Å². The van der Waals surface area contributed by atoms with E-state index >= 15 is 0 Å². The summed E-state index contributed by atoms with van der Waals surface area (Å²) >= 11 is 0. The van der Waals surface area contributed by atoms with Gasteiger partial charge in [-0.25, -0.2) is 0 Å². The molecule has 0 spiro atoms. The zero-order chi connectivity index (χ0) is 17.1. The number of nitrogens with zero attached hydrogens (tertiary/aromatic N) is 4. The molecule has 25 heavy (non-hydrogen) atoms. The average molecular weight is 340 g/mol. The predicted molar refractivity (Wildman–Crippen MR) is 96.2 cm³/mol. The summed E-state index contributed by atoms with van der Waals surface area (Å²) in [5.74, 6) is 2.74. The maximum absolute atomic E-state index is 5.84. The zero-order valence-corrected chi connectivity index (χ0v) is 14.6. The van der Waals surface area contributed by atoms with Crippen molar-refractivity contribution in [2.45, 2.75) is 25.4 Å². The number of para-hydroxylation sites is 1. The highest BCUT2D eigenvalue weighted by molar-refractivity contribution is 5.47. The van der Waals surface area contributed by atoms with E-state index in [4.69, 9.17) is 9.47 Å². The van der Waals surface area contributed by atoms with Gasteiger partial charge in [0.1, 0.15) is 13.2 Å². The van der Waals surface area contributed by atoms with Gasteiger partial charge < -0.3 is 14.4 Å². The number of hydrogen-bond donors (Lipinski definition) is 0. The molecule has 1 aromatic carbocycles. The number of fused-ring (bicyclic) bond motifs is 1. The van der Waals surface area contributed by atoms with Crippen LogP contribution in [0.4, 0.5) is 5.82 Å². The van der Waals surface area contributed by atoms with Crippen molar-refractivity contribution < 1.29 is 9.47 Å². The summed E-state index contributed by atoms with van der Waals surface area (Å²) in [6.45, 7) is 4.13. The molecule has 1 atom stereocenters. The highest BCUT2D eigenvalue weighted by Gasteiger charge is 2.27. The first-order chi connectivity index (χ1) is 12.3. The lowest BCUT2D eigenvalue weighted by Gasteiger charge is -2.30. The molecule has 6 nitrogen and oxygen atoms in total. The molecule has 0 unspecified atom stereocenters. The predicted octanol–water partition coefficient (Wildman–Crippen LogP) is 2.35. The van der Waals surface area contributed by atoms with Crippen LogP contribution in [0.3, 0.4) is 0 Å². The van der Waals surface area contributed by atoms with Gasteiger partial charge in [0.2, 0.25) is 0 Å². The molecule has 0 bridgehead atoms. The maximum Gasteiger partial charge on any atom is 0.165 e. The number of aromatic nitrogens is 2. The van der Waals surface area contributed by atoms with Gasteiger partial charge in [0.25, 0.3) is 0 Å². The molecule has 2 aromatic rings. The highest BCUT2D eigenvalue weighted by Crippen LogP contribution is 2.34. The Hall–Kier alpha value is -2.34. The van der Waals surface area contributed by atoms with E-state index < -0.39 is 0 Å². The van der Waals surface area contributed by atoms with Crippen LogP contribution in [-0.2, 0) is 6.54 Å². The van der Waals surface area contributed by atoms with Crippen LogP contribution in [0.2, 0.25) is 0 Å². The number of likely N-dealkylation sites (N-methyl/N-ethyl adjacent to an activating group) is 1. The monoisotopic (exact) mass is 340 g/mol. The fourth-order valence-corrected chi connectivity index (χ4v) is 3.75. The first-order valence-corrected chi connectivity index (χ1v) is 8.91. The molecule has 1 saturated heterocycles. The Morgan fingerprint density at radius 3 is 3.00 bits per heavy atom. The number of anilines is 1. The summed E-state index contributed by atoms with van der Waals surface area (Å²) in [7, 11) is 2.16. The third kappa shape index (κ3) is 3.54. The Morgan fingerprint density at radius 2 is 2.12 bits per heavy atom. The van der Waals surface area contributed by atoms with Gasteiger partial charge in [-0.05, 0) is 38.1 Å². The molecule has 0 saturated carbocycles. The smallest absolute Gasteiger partial charge is 0.165 e. The molecular weight excluding hydrogens is 316 g/mol. The second-order valence-corrected chi connectivity index (χ2v) is 6.71. The Kier molecular flexibility index (Phi) is 4.70. The molecule has 3 heterocycles. The molecule has 2 aliphatic heterocycles. The summed E-state index contributed by atoms with van der Waals surface area (Å²) in [6.07, 6.45) is 4.11. The summed E-state index contributed by atoms with van der Waals surface area (Å²) in [5, 5.41) is 8.30. The van der Waals surface area contributed by atoms with Crippen molar-refractivity contribution in [2.24, 2.45) is 0 Å². The number of hydrogen-bond acceptors (Lipinski definition) is 6. The fourth-order valence-electron chi connectivity index (χ4n) is 3.75. The van der Waals surface area contributed by atoms with Gasteiger partial charge in [-0.2, -0.15) is 5.10 Å². The third-order valence-corrected chi connectivity index (χ3v) is 4.84. The van der Waals surface area contributed by atoms with E-state index in [1.807, 2.05) is 24.3 Å². The van der Waals surface area contributed by atoms with E-state index in [2.05, 4.69) is 33.1 Å². The fraction of sp³-hybridized carbons (Fsp3) is 0.474. The van der Waals surface area contributed by atoms with Gasteiger partial charge in [-0.3, -0.25) is 4.90 Å². The minimum atomic E-state index is 0.471. The van der Waals surface area contributed by atoms with Gasteiger partial charge in [0.15, 0.2) is 17.3 Å². The van der Waals surface area contributed by atoms with Gasteiger partial charge in [0.05, 0.1) is 0 Å². The summed E-state index contributed by atoms with van der Waals surface area (Å²) in [4.78, 5) is 4.73. The quantitative estimate of drug-likeness (QED) is 0.833. The molecule has 1 aromatic heterocycles. The second-order valence-electron chi connectivity index (χ2n) is 6.71. The average Bonchev–Trinajstić information content (AvgIpc) is 3.11. The van der Waals surface area contributed by atoms with Crippen LogP contribution in [0.1, 0.15) is 18.4 Å². The zero-order valence-electron chi connectivity index (χ0n) is 14.6. The Morgan fingerprint density at radius 1 is 1.20 bits per heavy atom. The number of benzene rings is 1. The molecular formula is C19H24N4O2. The van der Waals surface area contributed by atoms with Crippen LogP contribution in [0.25, 0.3) is 0 Å². The van der Waals surface area contributed by atoms with E-state index in [1.54, 1.807) is 6.20 Å². The van der Waals surface area contributed by atoms with Crippen LogP contribution >= 0.6 is 0 Å². The Bertz CT molecular complexity index is 710. The lowest BCUT2D eigenvalue weighted by atomic mass is 10.1. The first kappa shape index (κ1) is 16.1. The van der Waals surface area contributed by atoms with Crippen LogP contribution in [0.5, 0.6) is 11.5 Å². The summed E-state index contributed by atoms with van der Waals surface area (Å²) in [5.41, 5.74) is 1.18. The molecule has 0 amide bonds. The summed E-state index contributed by atoms with van der Waals surface area (Å²) < 4.78 is 11.5. The van der Waals surface area contributed by atoms with Crippen molar-refractivity contribution in [2.75, 3.05) is 38.3 Å². The third-order valence-electron chi connectivity index (χ3n) is 4.84. The topological polar surface area (TPSA) is 50.7 Å². The van der Waals surface area contributed by atoms with E-state index in [1.165, 1.54) is 18.4 Å². The van der Waals surface area contributed by atoms with Crippen LogP contribution < -0.4 is 14.4 Å². The lowest BCUT2D eigenvalue weighted by Crippen LogP contribution is -2.39. The molecule has 0 radical (unpaired) electrons. The lowest BCUT2D eigenvalue weighted by molar-refractivity contribution is 0.167.